The minimum absolute atomic E-state index is 0.165. The maximum absolute atomic E-state index is 12.4. The number of benzene rings is 2. The second kappa shape index (κ2) is 7.74. The van der Waals surface area contributed by atoms with Crippen LogP contribution in [0.25, 0.3) is 10.9 Å². The monoisotopic (exact) mass is 403 g/mol. The van der Waals surface area contributed by atoms with Crippen molar-refractivity contribution < 1.29 is 8.42 Å². The number of hydrazone groups is 1. The van der Waals surface area contributed by atoms with Gasteiger partial charge in [-0.2, -0.15) is 13.5 Å². The van der Waals surface area contributed by atoms with Crippen molar-refractivity contribution in [2.45, 2.75) is 32.2 Å². The van der Waals surface area contributed by atoms with Gasteiger partial charge in [0.25, 0.3) is 10.0 Å². The molecular weight excluding hydrogens is 382 g/mol. The third-order valence-corrected chi connectivity index (χ3v) is 5.84. The number of hydrogen-bond donors (Lipinski definition) is 1. The van der Waals surface area contributed by atoms with Crippen molar-refractivity contribution in [1.29, 1.82) is 0 Å². The predicted octanol–water partition coefficient (Wildman–Crippen LogP) is 4.57. The zero-order chi connectivity index (χ0) is 19.6. The molecule has 1 aromatic heterocycles. The van der Waals surface area contributed by atoms with Crippen molar-refractivity contribution in [1.82, 2.24) is 9.40 Å². The van der Waals surface area contributed by atoms with Crippen LogP contribution in [-0.4, -0.2) is 19.2 Å². The van der Waals surface area contributed by atoms with Crippen LogP contribution in [-0.2, 0) is 16.6 Å². The lowest BCUT2D eigenvalue weighted by atomic mass is 10.2. The molecule has 0 aliphatic carbocycles. The van der Waals surface area contributed by atoms with Crippen LogP contribution >= 0.6 is 11.6 Å². The first kappa shape index (κ1) is 19.5. The van der Waals surface area contributed by atoms with Crippen molar-refractivity contribution >= 4 is 38.7 Å². The van der Waals surface area contributed by atoms with Gasteiger partial charge >= 0.3 is 0 Å². The summed E-state index contributed by atoms with van der Waals surface area (Å²) in [6.45, 7) is 6.91. The number of hydrogen-bond acceptors (Lipinski definition) is 3. The van der Waals surface area contributed by atoms with Gasteiger partial charge in [-0.25, -0.2) is 4.83 Å². The summed E-state index contributed by atoms with van der Waals surface area (Å²) in [5.41, 5.74) is 2.68. The van der Waals surface area contributed by atoms with Gasteiger partial charge in [-0.15, -0.1) is 0 Å². The molecule has 0 fully saturated rings. The van der Waals surface area contributed by atoms with E-state index in [1.807, 2.05) is 35.8 Å². The highest BCUT2D eigenvalue weighted by molar-refractivity contribution is 7.89. The number of rotatable bonds is 6. The Bertz CT molecular complexity index is 1080. The molecule has 0 radical (unpaired) electrons. The maximum Gasteiger partial charge on any atom is 0.276 e. The fraction of sp³-hybridized carbons (Fsp3) is 0.250. The van der Waals surface area contributed by atoms with Gasteiger partial charge in [-0.1, -0.05) is 61.3 Å². The molecule has 142 valence electrons. The summed E-state index contributed by atoms with van der Waals surface area (Å²) in [5, 5.41) is 5.43. The molecule has 27 heavy (non-hydrogen) atoms. The van der Waals surface area contributed by atoms with Crippen LogP contribution in [0.5, 0.6) is 0 Å². The normalized spacial score (nSPS) is 12.3. The molecular formula is C20H22ClN3O2S. The minimum atomic E-state index is -3.72. The van der Waals surface area contributed by atoms with Crippen LogP contribution < -0.4 is 4.83 Å². The Morgan fingerprint density at radius 1 is 1.15 bits per heavy atom. The molecule has 7 heteroatoms. The number of sulfonamides is 1. The first-order valence-corrected chi connectivity index (χ1v) is 10.5. The van der Waals surface area contributed by atoms with Crippen LogP contribution in [0.2, 0.25) is 5.15 Å². The lowest BCUT2D eigenvalue weighted by molar-refractivity contribution is 0.536. The van der Waals surface area contributed by atoms with E-state index in [1.165, 1.54) is 6.21 Å². The van der Waals surface area contributed by atoms with E-state index in [4.69, 9.17) is 11.6 Å². The molecule has 0 bridgehead atoms. The van der Waals surface area contributed by atoms with Crippen LogP contribution in [0, 0.1) is 12.8 Å². The fourth-order valence-electron chi connectivity index (χ4n) is 2.90. The van der Waals surface area contributed by atoms with E-state index < -0.39 is 10.0 Å². The average Bonchev–Trinajstić information content (AvgIpc) is 2.87. The third kappa shape index (κ3) is 4.17. The SMILES string of the molecule is Cc1ccc(S(=O)(=O)N/N=C/c2c(Cl)n(CC(C)C)c3ccccc23)cc1. The highest BCUT2D eigenvalue weighted by Crippen LogP contribution is 2.29. The molecule has 1 N–H and O–H groups in total. The number of halogens is 1. The summed E-state index contributed by atoms with van der Waals surface area (Å²) in [5.74, 6) is 0.420. The predicted molar refractivity (Wildman–Crippen MR) is 111 cm³/mol. The Kier molecular flexibility index (Phi) is 5.58. The van der Waals surface area contributed by atoms with Gasteiger partial charge in [0.05, 0.1) is 11.1 Å². The van der Waals surface area contributed by atoms with E-state index in [1.54, 1.807) is 24.3 Å². The summed E-state index contributed by atoms with van der Waals surface area (Å²) >= 11 is 6.58. The number of nitrogens with zero attached hydrogens (tertiary/aromatic N) is 2. The Balaban J connectivity index is 1.92. The zero-order valence-corrected chi connectivity index (χ0v) is 17.1. The average molecular weight is 404 g/mol. The molecule has 0 amide bonds. The molecule has 0 atom stereocenters. The second-order valence-corrected chi connectivity index (χ2v) is 8.91. The van der Waals surface area contributed by atoms with Gasteiger partial charge in [0.15, 0.2) is 0 Å². The van der Waals surface area contributed by atoms with Gasteiger partial charge < -0.3 is 4.57 Å². The lowest BCUT2D eigenvalue weighted by Gasteiger charge is -2.09. The van der Waals surface area contributed by atoms with Gasteiger partial charge in [0.1, 0.15) is 5.15 Å². The Hall–Kier alpha value is -2.31. The van der Waals surface area contributed by atoms with Gasteiger partial charge in [0, 0.05) is 23.0 Å². The van der Waals surface area contributed by atoms with E-state index in [-0.39, 0.29) is 4.90 Å². The molecule has 3 rings (SSSR count). The Morgan fingerprint density at radius 3 is 2.48 bits per heavy atom. The molecule has 5 nitrogen and oxygen atoms in total. The van der Waals surface area contributed by atoms with E-state index in [9.17, 15) is 8.42 Å². The summed E-state index contributed by atoms with van der Waals surface area (Å²) in [6, 6.07) is 14.4. The van der Waals surface area contributed by atoms with Crippen molar-refractivity contribution in [2.24, 2.45) is 11.0 Å². The molecule has 0 aliphatic heterocycles. The fourth-order valence-corrected chi connectivity index (χ4v) is 4.00. The van der Waals surface area contributed by atoms with E-state index in [0.29, 0.717) is 16.6 Å². The lowest BCUT2D eigenvalue weighted by Crippen LogP contribution is -2.18. The summed E-state index contributed by atoms with van der Waals surface area (Å²) in [7, 11) is -3.72. The molecule has 0 saturated carbocycles. The van der Waals surface area contributed by atoms with Crippen LogP contribution in [0.1, 0.15) is 25.0 Å². The first-order valence-electron chi connectivity index (χ1n) is 8.68. The highest BCUT2D eigenvalue weighted by Gasteiger charge is 2.16. The molecule has 2 aromatic carbocycles. The van der Waals surface area contributed by atoms with Gasteiger partial charge in [-0.05, 0) is 31.0 Å². The van der Waals surface area contributed by atoms with E-state index >= 15 is 0 Å². The number of nitrogens with one attached hydrogen (secondary N) is 1. The van der Waals surface area contributed by atoms with E-state index in [0.717, 1.165) is 23.0 Å². The Morgan fingerprint density at radius 2 is 1.81 bits per heavy atom. The van der Waals surface area contributed by atoms with Gasteiger partial charge in [0.2, 0.25) is 0 Å². The van der Waals surface area contributed by atoms with Crippen molar-refractivity contribution in [3.05, 3.63) is 64.8 Å². The highest BCUT2D eigenvalue weighted by atomic mass is 35.5. The van der Waals surface area contributed by atoms with Crippen LogP contribution in [0.15, 0.2) is 58.5 Å². The third-order valence-electron chi connectivity index (χ3n) is 4.19. The number of para-hydroxylation sites is 1. The molecule has 0 unspecified atom stereocenters. The van der Waals surface area contributed by atoms with Crippen molar-refractivity contribution in [3.8, 4) is 0 Å². The molecule has 3 aromatic rings. The Labute approximate surface area is 164 Å². The zero-order valence-electron chi connectivity index (χ0n) is 15.5. The largest absolute Gasteiger partial charge is 0.331 e. The standard InChI is InChI=1S/C20H22ClN3O2S/c1-14(2)13-24-19-7-5-4-6-17(19)18(20(24)21)12-22-23-27(25,26)16-10-8-15(3)9-11-16/h4-12,14,23H,13H2,1-3H3/b22-12+. The van der Waals surface area contributed by atoms with Crippen LogP contribution in [0.4, 0.5) is 0 Å². The number of aryl methyl sites for hydroxylation is 1. The minimum Gasteiger partial charge on any atom is -0.331 e. The van der Waals surface area contributed by atoms with Crippen molar-refractivity contribution in [2.75, 3.05) is 0 Å². The molecule has 1 heterocycles. The van der Waals surface area contributed by atoms with E-state index in [2.05, 4.69) is 23.8 Å². The first-order chi connectivity index (χ1) is 12.8. The second-order valence-electron chi connectivity index (χ2n) is 6.89. The van der Waals surface area contributed by atoms with Crippen LogP contribution in [0.3, 0.4) is 0 Å². The van der Waals surface area contributed by atoms with Crippen molar-refractivity contribution in [3.63, 3.8) is 0 Å². The molecule has 0 spiro atoms. The summed E-state index contributed by atoms with van der Waals surface area (Å²) in [6.07, 6.45) is 1.47. The molecule has 0 aliphatic rings. The summed E-state index contributed by atoms with van der Waals surface area (Å²) in [4.78, 5) is 2.42. The number of fused-ring (bicyclic) bond motifs is 1. The number of aromatic nitrogens is 1. The molecule has 0 saturated heterocycles. The smallest absolute Gasteiger partial charge is 0.276 e. The van der Waals surface area contributed by atoms with Gasteiger partial charge in [-0.3, -0.25) is 0 Å². The summed E-state index contributed by atoms with van der Waals surface area (Å²) < 4.78 is 26.8. The quantitative estimate of drug-likeness (QED) is 0.484. The maximum atomic E-state index is 12.4. The topological polar surface area (TPSA) is 63.5 Å².